The number of nitrogens with one attached hydrogen (secondary N) is 8. The van der Waals surface area contributed by atoms with Crippen LogP contribution >= 0.6 is 46.4 Å². The Kier molecular flexibility index (Phi) is 24.1. The summed E-state index contributed by atoms with van der Waals surface area (Å²) in [5.41, 5.74) is 15.4. The summed E-state index contributed by atoms with van der Waals surface area (Å²) in [6.07, 6.45) is 6.92. The molecule has 4 aliphatic rings. The van der Waals surface area contributed by atoms with E-state index in [1.165, 1.54) is 38.9 Å². The highest BCUT2D eigenvalue weighted by molar-refractivity contribution is 6.34. The number of carbonyl (C=O) groups is 4. The highest BCUT2D eigenvalue weighted by Crippen LogP contribution is 2.32. The fraction of sp³-hybridized carbons (Fsp3) is 0.350. The maximum Gasteiger partial charge on any atom is 0.324 e. The number of imidazole rings is 4. The van der Waals surface area contributed by atoms with Crippen LogP contribution in [0.3, 0.4) is 0 Å². The normalized spacial score (nSPS) is 16.0. The number of rotatable bonds is 8. The van der Waals surface area contributed by atoms with Crippen molar-refractivity contribution in [2.45, 2.75) is 93.7 Å². The highest BCUT2D eigenvalue weighted by Gasteiger charge is 2.33. The van der Waals surface area contributed by atoms with Gasteiger partial charge in [-0.1, -0.05) is 73.2 Å². The van der Waals surface area contributed by atoms with E-state index in [-0.39, 0.29) is 41.6 Å². The second kappa shape index (κ2) is 34.2. The molecule has 16 rings (SSSR count). The molecule has 12 aromatic rings. The van der Waals surface area contributed by atoms with E-state index in [4.69, 9.17) is 46.4 Å². The van der Waals surface area contributed by atoms with Crippen LogP contribution in [-0.2, 0) is 5.41 Å². The lowest BCUT2D eigenvalue weighted by Gasteiger charge is -2.40. The van der Waals surface area contributed by atoms with E-state index >= 15 is 0 Å². The molecule has 28 nitrogen and oxygen atoms in total. The number of halogens is 4. The van der Waals surface area contributed by atoms with Gasteiger partial charge in [0.15, 0.2) is 0 Å². The molecule has 32 heteroatoms. The Balaban J connectivity index is 0.000000131. The van der Waals surface area contributed by atoms with Crippen molar-refractivity contribution in [3.05, 3.63) is 187 Å². The topological polar surface area (TPSA) is 309 Å². The highest BCUT2D eigenvalue weighted by atomic mass is 35.5. The van der Waals surface area contributed by atoms with Gasteiger partial charge in [-0.3, -0.25) is 21.3 Å². The van der Waals surface area contributed by atoms with Crippen LogP contribution in [-0.4, -0.2) is 207 Å². The first kappa shape index (κ1) is 78.9. The van der Waals surface area contributed by atoms with Gasteiger partial charge in [0.05, 0.1) is 64.2 Å². The zero-order valence-corrected chi connectivity index (χ0v) is 67.5. The third-order valence-corrected chi connectivity index (χ3v) is 21.8. The second-order valence-corrected chi connectivity index (χ2v) is 31.2. The van der Waals surface area contributed by atoms with Crippen LogP contribution in [0, 0.1) is 41.5 Å². The monoisotopic (exact) mass is 1590 g/mol. The summed E-state index contributed by atoms with van der Waals surface area (Å²) in [5, 5.41) is 14.1. The summed E-state index contributed by atoms with van der Waals surface area (Å²) >= 11 is 25.0. The van der Waals surface area contributed by atoms with E-state index in [0.29, 0.717) is 136 Å². The van der Waals surface area contributed by atoms with Gasteiger partial charge in [0.25, 0.3) is 0 Å². The van der Waals surface area contributed by atoms with Gasteiger partial charge in [-0.25, -0.2) is 59.0 Å². The molecular formula is C80H92Cl4N24O4. The van der Waals surface area contributed by atoms with Crippen LogP contribution in [0.15, 0.2) is 128 Å². The van der Waals surface area contributed by atoms with Crippen molar-refractivity contribution in [2.24, 2.45) is 0 Å². The number of fused-ring (bicyclic) bond motifs is 4. The summed E-state index contributed by atoms with van der Waals surface area (Å²) < 4.78 is 0. The molecule has 0 aliphatic carbocycles. The molecule has 8 amide bonds. The van der Waals surface area contributed by atoms with Crippen molar-refractivity contribution in [3.63, 3.8) is 0 Å². The summed E-state index contributed by atoms with van der Waals surface area (Å²) in [6, 6.07) is 32.3. The van der Waals surface area contributed by atoms with Gasteiger partial charge in [-0.05, 0) is 197 Å². The van der Waals surface area contributed by atoms with Crippen molar-refractivity contribution in [1.29, 1.82) is 0 Å². The molecule has 8 N–H and O–H groups in total. The molecule has 4 aliphatic heterocycles. The minimum absolute atomic E-state index is 0.0145. The number of aromatic amines is 4. The van der Waals surface area contributed by atoms with Gasteiger partial charge in [0.1, 0.15) is 23.3 Å². The molecule has 112 heavy (non-hydrogen) atoms. The average Bonchev–Trinajstić information content (AvgIpc) is 1.52. The van der Waals surface area contributed by atoms with Gasteiger partial charge >= 0.3 is 24.1 Å². The van der Waals surface area contributed by atoms with E-state index in [1.807, 2.05) is 115 Å². The second-order valence-electron chi connectivity index (χ2n) is 29.6. The molecule has 0 bridgehead atoms. The maximum atomic E-state index is 12.8. The van der Waals surface area contributed by atoms with Crippen LogP contribution < -0.4 is 40.9 Å². The largest absolute Gasteiger partial charge is 0.352 e. The van der Waals surface area contributed by atoms with E-state index in [2.05, 4.69) is 175 Å². The predicted molar refractivity (Wildman–Crippen MR) is 449 cm³/mol. The first-order chi connectivity index (χ1) is 53.7. The third-order valence-electron chi connectivity index (χ3n) is 20.6. The van der Waals surface area contributed by atoms with E-state index in [9.17, 15) is 19.2 Å². The van der Waals surface area contributed by atoms with E-state index < -0.39 is 0 Å². The van der Waals surface area contributed by atoms with Crippen LogP contribution in [0.1, 0.15) is 73.6 Å². The molecule has 584 valence electrons. The molecule has 4 fully saturated rings. The molecule has 0 unspecified atom stereocenters. The fourth-order valence-electron chi connectivity index (χ4n) is 13.8. The minimum Gasteiger partial charge on any atom is -0.352 e. The zero-order valence-electron chi connectivity index (χ0n) is 64.5. The first-order valence-corrected chi connectivity index (χ1v) is 38.8. The molecule has 4 aromatic carbocycles. The zero-order chi connectivity index (χ0) is 79.2. The molecule has 12 heterocycles. The lowest BCUT2D eigenvalue weighted by atomic mass is 9.87. The standard InChI is InChI=1S/C21H25ClN6O.2C20H23ClN6O.C19H21ClN6O/c1-21(2,3)14-6-7-16-17(13-14)25-19(24-16)26-20(29)28-11-9-27(10-12-28)18-15(22)5-4-8-23-18;2*1-12-9-16-17(10-13(12)2)24-19(23-16)25-20(28)27-8-7-26(11-14(27)3)18-15(21)5-4-6-22-18;1-12-10-15-16(11-13(12)2)23-18(22-15)24-19(27)26-8-6-25(7-9-26)17-14(20)4-3-5-21-17/h4-8,13H,9-12H2,1-3H3,(H2,24,25,26,29);2*4-6,9-10,14H,7-8,11H2,1-3H3,(H2,23,24,25,28);3-5,10-11H,6-9H2,1-2H3,(H2,22,23,24,27)/t;2*14-;/m.10./s1. The maximum absolute atomic E-state index is 12.8. The summed E-state index contributed by atoms with van der Waals surface area (Å²) in [5.74, 6) is 4.92. The van der Waals surface area contributed by atoms with Crippen LogP contribution in [0.2, 0.25) is 20.1 Å². The molecule has 2 atom stereocenters. The number of urea groups is 4. The number of pyridine rings is 4. The lowest BCUT2D eigenvalue weighted by Crippen LogP contribution is -2.55. The summed E-state index contributed by atoms with van der Waals surface area (Å²) in [6.45, 7) is 31.8. The first-order valence-electron chi connectivity index (χ1n) is 37.3. The predicted octanol–water partition coefficient (Wildman–Crippen LogP) is 15.8. The van der Waals surface area contributed by atoms with Gasteiger partial charge in [0, 0.05) is 128 Å². The number of hydrogen-bond donors (Lipinski definition) is 8. The van der Waals surface area contributed by atoms with E-state index in [1.54, 1.807) is 34.6 Å². The van der Waals surface area contributed by atoms with Crippen molar-refractivity contribution < 1.29 is 19.2 Å². The number of aryl methyl sites for hydroxylation is 6. The molecule has 0 spiro atoms. The average molecular weight is 1600 g/mol. The summed E-state index contributed by atoms with van der Waals surface area (Å²) in [4.78, 5) is 115. The number of nitrogens with zero attached hydrogens (tertiary/aromatic N) is 16. The van der Waals surface area contributed by atoms with Crippen molar-refractivity contribution in [1.82, 2.24) is 79.4 Å². The number of hydrogen-bond acceptors (Lipinski definition) is 16. The van der Waals surface area contributed by atoms with Gasteiger partial charge in [-0.15, -0.1) is 0 Å². The van der Waals surface area contributed by atoms with Crippen molar-refractivity contribution >= 4 is 162 Å². The van der Waals surface area contributed by atoms with Crippen LogP contribution in [0.4, 0.5) is 66.2 Å². The Morgan fingerprint density at radius 1 is 0.366 bits per heavy atom. The van der Waals surface area contributed by atoms with Crippen molar-refractivity contribution in [3.8, 4) is 0 Å². The van der Waals surface area contributed by atoms with E-state index in [0.717, 1.165) is 67.4 Å². The Bertz CT molecular complexity index is 5130. The fourth-order valence-corrected chi connectivity index (χ4v) is 14.8. The Hall–Kier alpha value is -11.2. The SMILES string of the molecule is CC(C)(C)c1ccc2nc(NC(=O)N3CCN(c4ncccc4Cl)CC3)[nH]c2c1.Cc1cc2nc(NC(=O)N3CCN(c4ncccc4Cl)CC3)[nH]c2cc1C.Cc1cc2nc(NC(=O)N3CCN(c4ncccc4Cl)C[C@@H]3C)[nH]c2cc1C.Cc1cc2nc(NC(=O)N3CCN(c4ncccc4Cl)C[C@H]3C)[nH]c2cc1C. The van der Waals surface area contributed by atoms with Gasteiger partial charge in [-0.2, -0.15) is 0 Å². The molecule has 4 saturated heterocycles. The van der Waals surface area contributed by atoms with Crippen LogP contribution in [0.25, 0.3) is 44.1 Å². The Labute approximate surface area is 669 Å². The molecular weight excluding hydrogens is 1500 g/mol. The molecule has 0 saturated carbocycles. The summed E-state index contributed by atoms with van der Waals surface area (Å²) in [7, 11) is 0. The van der Waals surface area contributed by atoms with Crippen LogP contribution in [0.5, 0.6) is 0 Å². The Morgan fingerprint density at radius 2 is 0.652 bits per heavy atom. The third kappa shape index (κ3) is 18.5. The number of carbonyl (C=O) groups excluding carboxylic acids is 4. The minimum atomic E-state index is -0.160. The van der Waals surface area contributed by atoms with Crippen molar-refractivity contribution in [2.75, 3.05) is 132 Å². The molecule has 8 aromatic heterocycles. The molecule has 0 radical (unpaired) electrons. The Morgan fingerprint density at radius 3 is 0.964 bits per heavy atom. The number of aromatic nitrogens is 12. The number of benzene rings is 4. The number of anilines is 8. The smallest absolute Gasteiger partial charge is 0.324 e. The lowest BCUT2D eigenvalue weighted by molar-refractivity contribution is 0.184. The van der Waals surface area contributed by atoms with Gasteiger partial charge < -0.3 is 59.1 Å². The van der Waals surface area contributed by atoms with Gasteiger partial charge in [0.2, 0.25) is 23.8 Å². The quantitative estimate of drug-likeness (QED) is 0.0701. The number of amides is 8. The number of H-pyrrole nitrogens is 4. The number of piperazine rings is 4.